The molecule has 2 unspecified atom stereocenters. The lowest BCUT2D eigenvalue weighted by Gasteiger charge is -2.17. The summed E-state index contributed by atoms with van der Waals surface area (Å²) in [6.45, 7) is 8.20. The van der Waals surface area contributed by atoms with Crippen molar-refractivity contribution in [1.82, 2.24) is 5.43 Å². The van der Waals surface area contributed by atoms with Gasteiger partial charge in [0.15, 0.2) is 0 Å². The minimum atomic E-state index is -0.00430. The lowest BCUT2D eigenvalue weighted by Crippen LogP contribution is -2.25. The van der Waals surface area contributed by atoms with Crippen molar-refractivity contribution in [3.63, 3.8) is 0 Å². The summed E-state index contributed by atoms with van der Waals surface area (Å²) in [4.78, 5) is 12.0. The average molecular weight is 258 g/mol. The topological polar surface area (TPSA) is 41.5 Å². The Morgan fingerprint density at radius 1 is 1.26 bits per heavy atom. The molecule has 102 valence electrons. The number of hydrogen-bond donors (Lipinski definition) is 1. The molecule has 2 atom stereocenters. The first kappa shape index (κ1) is 13.8. The fourth-order valence-corrected chi connectivity index (χ4v) is 1.94. The Balaban J connectivity index is 1.91. The van der Waals surface area contributed by atoms with Crippen LogP contribution >= 0.6 is 0 Å². The van der Waals surface area contributed by atoms with E-state index in [1.54, 1.807) is 0 Å². The standard InChI is InChI=1S/C16H22N2O/c1-11(16(2,3)4)17-18-15(19)14-10-13(14)12-8-6-5-7-9-12/h5-9,13-14H,10H2,1-4H3,(H,18,19)/b17-11+. The molecule has 0 spiro atoms. The first-order valence-corrected chi connectivity index (χ1v) is 6.79. The molecule has 1 N–H and O–H groups in total. The Morgan fingerprint density at radius 2 is 1.89 bits per heavy atom. The summed E-state index contributed by atoms with van der Waals surface area (Å²) < 4.78 is 0. The second-order valence-corrected chi connectivity index (χ2v) is 6.28. The third-order valence-electron chi connectivity index (χ3n) is 3.77. The Bertz CT molecular complexity index is 485. The molecule has 3 heteroatoms. The van der Waals surface area contributed by atoms with Crippen LogP contribution in [0.15, 0.2) is 35.4 Å². The normalized spacial score (nSPS) is 23.1. The van der Waals surface area contributed by atoms with E-state index in [9.17, 15) is 4.79 Å². The molecule has 0 saturated heterocycles. The van der Waals surface area contributed by atoms with Crippen LogP contribution in [0.1, 0.15) is 45.6 Å². The molecular weight excluding hydrogens is 236 g/mol. The van der Waals surface area contributed by atoms with Crippen LogP contribution in [0.4, 0.5) is 0 Å². The average Bonchev–Trinajstić information content (AvgIpc) is 3.15. The number of nitrogens with one attached hydrogen (secondary N) is 1. The maximum absolute atomic E-state index is 12.0. The van der Waals surface area contributed by atoms with Gasteiger partial charge in [-0.15, -0.1) is 0 Å². The van der Waals surface area contributed by atoms with Crippen LogP contribution in [0.5, 0.6) is 0 Å². The summed E-state index contributed by atoms with van der Waals surface area (Å²) in [7, 11) is 0. The second kappa shape index (κ2) is 5.16. The summed E-state index contributed by atoms with van der Waals surface area (Å²) in [5.74, 6) is 0.489. The van der Waals surface area contributed by atoms with Crippen LogP contribution in [0, 0.1) is 11.3 Å². The molecular formula is C16H22N2O. The van der Waals surface area contributed by atoms with Crippen LogP contribution in [0.25, 0.3) is 0 Å². The predicted molar refractivity (Wildman–Crippen MR) is 78.0 cm³/mol. The van der Waals surface area contributed by atoms with Crippen molar-refractivity contribution in [2.45, 2.75) is 40.0 Å². The van der Waals surface area contributed by atoms with Gasteiger partial charge in [-0.1, -0.05) is 51.1 Å². The molecule has 0 radical (unpaired) electrons. The maximum Gasteiger partial charge on any atom is 0.243 e. The van der Waals surface area contributed by atoms with Gasteiger partial charge >= 0.3 is 0 Å². The van der Waals surface area contributed by atoms with Crippen molar-refractivity contribution >= 4 is 11.6 Å². The fourth-order valence-electron chi connectivity index (χ4n) is 1.94. The van der Waals surface area contributed by atoms with E-state index in [0.29, 0.717) is 5.92 Å². The number of hydrazone groups is 1. The number of rotatable bonds is 3. The Morgan fingerprint density at radius 3 is 2.47 bits per heavy atom. The largest absolute Gasteiger partial charge is 0.273 e. The van der Waals surface area contributed by atoms with Crippen LogP contribution in [-0.2, 0) is 4.79 Å². The van der Waals surface area contributed by atoms with Crippen LogP contribution in [0.2, 0.25) is 0 Å². The minimum Gasteiger partial charge on any atom is -0.273 e. The highest BCUT2D eigenvalue weighted by molar-refractivity contribution is 5.89. The molecule has 1 fully saturated rings. The molecule has 0 bridgehead atoms. The third-order valence-corrected chi connectivity index (χ3v) is 3.77. The summed E-state index contributed by atoms with van der Waals surface area (Å²) in [6.07, 6.45) is 0.930. The third kappa shape index (κ3) is 3.43. The molecule has 1 aliphatic carbocycles. The van der Waals surface area contributed by atoms with Gasteiger partial charge in [-0.25, -0.2) is 5.43 Å². The first-order valence-electron chi connectivity index (χ1n) is 6.79. The zero-order valence-electron chi connectivity index (χ0n) is 12.1. The SMILES string of the molecule is C/C(=N\NC(=O)C1CC1c1ccccc1)C(C)(C)C. The van der Waals surface area contributed by atoms with E-state index in [1.165, 1.54) is 5.56 Å². The van der Waals surface area contributed by atoms with E-state index in [0.717, 1.165) is 12.1 Å². The smallest absolute Gasteiger partial charge is 0.243 e. The van der Waals surface area contributed by atoms with E-state index in [1.807, 2.05) is 25.1 Å². The van der Waals surface area contributed by atoms with Crippen molar-refractivity contribution in [3.05, 3.63) is 35.9 Å². The van der Waals surface area contributed by atoms with Gasteiger partial charge in [0.1, 0.15) is 0 Å². The zero-order valence-corrected chi connectivity index (χ0v) is 12.1. The van der Waals surface area contributed by atoms with Crippen molar-refractivity contribution in [2.75, 3.05) is 0 Å². The lowest BCUT2D eigenvalue weighted by atomic mass is 9.91. The minimum absolute atomic E-state index is 0.00430. The summed E-state index contributed by atoms with van der Waals surface area (Å²) in [5, 5.41) is 4.20. The van der Waals surface area contributed by atoms with Crippen molar-refractivity contribution in [3.8, 4) is 0 Å². The molecule has 19 heavy (non-hydrogen) atoms. The highest BCUT2D eigenvalue weighted by Crippen LogP contribution is 2.47. The van der Waals surface area contributed by atoms with Gasteiger partial charge in [0, 0.05) is 17.0 Å². The van der Waals surface area contributed by atoms with Crippen LogP contribution in [-0.4, -0.2) is 11.6 Å². The number of nitrogens with zero attached hydrogens (tertiary/aromatic N) is 1. The van der Waals surface area contributed by atoms with Gasteiger partial charge in [-0.2, -0.15) is 5.10 Å². The number of benzene rings is 1. The highest BCUT2D eigenvalue weighted by Gasteiger charge is 2.43. The Kier molecular flexibility index (Phi) is 3.74. The molecule has 3 nitrogen and oxygen atoms in total. The summed E-state index contributed by atoms with van der Waals surface area (Å²) in [6, 6.07) is 10.2. The highest BCUT2D eigenvalue weighted by atomic mass is 16.2. The van der Waals surface area contributed by atoms with Gasteiger partial charge in [0.2, 0.25) is 5.91 Å². The summed E-state index contributed by atoms with van der Waals surface area (Å²) >= 11 is 0. The van der Waals surface area contributed by atoms with Gasteiger partial charge in [0.05, 0.1) is 0 Å². The van der Waals surface area contributed by atoms with E-state index >= 15 is 0 Å². The van der Waals surface area contributed by atoms with E-state index in [4.69, 9.17) is 0 Å². The number of hydrogen-bond acceptors (Lipinski definition) is 2. The quantitative estimate of drug-likeness (QED) is 0.655. The Labute approximate surface area is 115 Å². The van der Waals surface area contributed by atoms with Gasteiger partial charge < -0.3 is 0 Å². The number of amides is 1. The molecule has 0 aromatic heterocycles. The van der Waals surface area contributed by atoms with Gasteiger partial charge in [-0.3, -0.25) is 4.79 Å². The van der Waals surface area contributed by atoms with E-state index < -0.39 is 0 Å². The van der Waals surface area contributed by atoms with Crippen molar-refractivity contribution in [2.24, 2.45) is 16.4 Å². The van der Waals surface area contributed by atoms with Crippen LogP contribution < -0.4 is 5.43 Å². The zero-order chi connectivity index (χ0) is 14.0. The number of carbonyl (C=O) groups is 1. The van der Waals surface area contributed by atoms with Gasteiger partial charge in [-0.05, 0) is 24.8 Å². The molecule has 1 amide bonds. The maximum atomic E-state index is 12.0. The fraction of sp³-hybridized carbons (Fsp3) is 0.500. The van der Waals surface area contributed by atoms with Crippen LogP contribution in [0.3, 0.4) is 0 Å². The van der Waals surface area contributed by atoms with E-state index in [2.05, 4.69) is 43.4 Å². The lowest BCUT2D eigenvalue weighted by molar-refractivity contribution is -0.122. The molecule has 2 rings (SSSR count). The predicted octanol–water partition coefficient (Wildman–Crippen LogP) is 3.33. The van der Waals surface area contributed by atoms with E-state index in [-0.39, 0.29) is 17.2 Å². The summed E-state index contributed by atoms with van der Waals surface area (Å²) in [5.41, 5.74) is 4.89. The first-order chi connectivity index (χ1) is 8.89. The Hall–Kier alpha value is -1.64. The van der Waals surface area contributed by atoms with Crippen molar-refractivity contribution < 1.29 is 4.79 Å². The molecule has 0 aliphatic heterocycles. The molecule has 1 aromatic carbocycles. The number of carbonyl (C=O) groups excluding carboxylic acids is 1. The van der Waals surface area contributed by atoms with Gasteiger partial charge in [0.25, 0.3) is 0 Å². The van der Waals surface area contributed by atoms with Crippen molar-refractivity contribution in [1.29, 1.82) is 0 Å². The molecule has 1 aliphatic rings. The monoisotopic (exact) mass is 258 g/mol. The molecule has 1 aromatic rings. The molecule has 1 saturated carbocycles. The second-order valence-electron chi connectivity index (χ2n) is 6.28. The molecule has 0 heterocycles.